The Labute approximate surface area is 120 Å². The summed E-state index contributed by atoms with van der Waals surface area (Å²) in [6.45, 7) is 2.89. The average Bonchev–Trinajstić information content (AvgIpc) is 2.48. The summed E-state index contributed by atoms with van der Waals surface area (Å²) in [6.07, 6.45) is 4.55. The van der Waals surface area contributed by atoms with Crippen molar-refractivity contribution in [2.24, 2.45) is 11.8 Å². The maximum atomic E-state index is 11.9. The molecule has 4 heteroatoms. The number of aryl methyl sites for hydroxylation is 1. The van der Waals surface area contributed by atoms with Gasteiger partial charge in [-0.2, -0.15) is 0 Å². The van der Waals surface area contributed by atoms with E-state index >= 15 is 0 Å². The van der Waals surface area contributed by atoms with Crippen molar-refractivity contribution in [3.63, 3.8) is 0 Å². The molecule has 20 heavy (non-hydrogen) atoms. The van der Waals surface area contributed by atoms with Crippen LogP contribution in [0.2, 0.25) is 0 Å². The van der Waals surface area contributed by atoms with E-state index in [0.717, 1.165) is 18.5 Å². The molecule has 1 fully saturated rings. The number of hydrogen-bond acceptors (Lipinski definition) is 2. The van der Waals surface area contributed by atoms with Gasteiger partial charge in [-0.25, -0.2) is 4.79 Å². The summed E-state index contributed by atoms with van der Waals surface area (Å²) >= 11 is 0. The molecule has 0 saturated heterocycles. The second-order valence-corrected chi connectivity index (χ2v) is 5.69. The minimum absolute atomic E-state index is 0.170. The van der Waals surface area contributed by atoms with Crippen molar-refractivity contribution in [1.82, 2.24) is 5.32 Å². The molecule has 0 spiro atoms. The molecule has 1 aromatic rings. The highest BCUT2D eigenvalue weighted by atomic mass is 16.3. The summed E-state index contributed by atoms with van der Waals surface area (Å²) in [7, 11) is 0. The molecule has 1 saturated carbocycles. The molecular weight excluding hydrogens is 252 g/mol. The van der Waals surface area contributed by atoms with E-state index in [4.69, 9.17) is 0 Å². The summed E-state index contributed by atoms with van der Waals surface area (Å²) in [6, 6.07) is 7.56. The van der Waals surface area contributed by atoms with Crippen LogP contribution < -0.4 is 10.6 Å². The normalized spacial score (nSPS) is 22.3. The number of aliphatic hydroxyl groups excluding tert-OH is 1. The molecular formula is C16H24N2O2. The lowest BCUT2D eigenvalue weighted by Crippen LogP contribution is -2.37. The Bertz CT molecular complexity index is 431. The molecule has 4 nitrogen and oxygen atoms in total. The van der Waals surface area contributed by atoms with Crippen LogP contribution in [0.5, 0.6) is 0 Å². The van der Waals surface area contributed by atoms with Crippen molar-refractivity contribution in [3.05, 3.63) is 29.8 Å². The maximum Gasteiger partial charge on any atom is 0.319 e. The monoisotopic (exact) mass is 276 g/mol. The number of aliphatic hydroxyl groups is 1. The molecule has 0 aliphatic heterocycles. The van der Waals surface area contributed by atoms with Gasteiger partial charge in [0.15, 0.2) is 0 Å². The van der Waals surface area contributed by atoms with Gasteiger partial charge in [0.1, 0.15) is 0 Å². The van der Waals surface area contributed by atoms with Gasteiger partial charge in [0.25, 0.3) is 0 Å². The van der Waals surface area contributed by atoms with E-state index in [1.54, 1.807) is 0 Å². The predicted molar refractivity (Wildman–Crippen MR) is 80.7 cm³/mol. The average molecular weight is 276 g/mol. The Morgan fingerprint density at radius 1 is 1.20 bits per heavy atom. The zero-order chi connectivity index (χ0) is 14.4. The lowest BCUT2D eigenvalue weighted by molar-refractivity contribution is 0.134. The molecule has 2 rings (SSSR count). The lowest BCUT2D eigenvalue weighted by atomic mass is 9.80. The van der Waals surface area contributed by atoms with Crippen molar-refractivity contribution < 1.29 is 9.90 Å². The quantitative estimate of drug-likeness (QED) is 0.792. The summed E-state index contributed by atoms with van der Waals surface area (Å²) in [4.78, 5) is 11.9. The molecule has 110 valence electrons. The fourth-order valence-corrected chi connectivity index (χ4v) is 2.83. The first-order valence-corrected chi connectivity index (χ1v) is 7.41. The Morgan fingerprint density at radius 2 is 1.85 bits per heavy atom. The highest BCUT2D eigenvalue weighted by Crippen LogP contribution is 2.29. The van der Waals surface area contributed by atoms with Crippen LogP contribution in [0.4, 0.5) is 10.5 Å². The predicted octanol–water partition coefficient (Wildman–Crippen LogP) is 2.92. The molecule has 3 N–H and O–H groups in total. The largest absolute Gasteiger partial charge is 0.396 e. The third-order valence-electron chi connectivity index (χ3n) is 4.14. The number of anilines is 1. The molecule has 0 heterocycles. The summed E-state index contributed by atoms with van der Waals surface area (Å²) in [5, 5.41) is 15.1. The standard InChI is InChI=1S/C16H24N2O2/c1-12-6-8-15(9-7-12)18-16(20)17-10-13-4-2-3-5-14(13)11-19/h6-9,13-14,19H,2-5,10-11H2,1H3,(H2,17,18,20). The third-order valence-corrected chi connectivity index (χ3v) is 4.14. The molecule has 1 aliphatic rings. The number of benzene rings is 1. The number of carbonyl (C=O) groups is 1. The first-order chi connectivity index (χ1) is 9.69. The number of hydrogen-bond donors (Lipinski definition) is 3. The van der Waals surface area contributed by atoms with Gasteiger partial charge in [-0.15, -0.1) is 0 Å². The number of nitrogens with one attached hydrogen (secondary N) is 2. The van der Waals surface area contributed by atoms with Crippen molar-refractivity contribution in [3.8, 4) is 0 Å². The summed E-state index contributed by atoms with van der Waals surface area (Å²) in [5.74, 6) is 0.737. The first-order valence-electron chi connectivity index (χ1n) is 7.41. The molecule has 1 aliphatic carbocycles. The van der Waals surface area contributed by atoms with E-state index in [-0.39, 0.29) is 12.6 Å². The van der Waals surface area contributed by atoms with Crippen LogP contribution in [0, 0.1) is 18.8 Å². The van der Waals surface area contributed by atoms with Gasteiger partial charge in [0.2, 0.25) is 0 Å². The van der Waals surface area contributed by atoms with Gasteiger partial charge >= 0.3 is 6.03 Å². The van der Waals surface area contributed by atoms with Gasteiger partial charge < -0.3 is 15.7 Å². The van der Waals surface area contributed by atoms with Gasteiger partial charge in [-0.3, -0.25) is 0 Å². The Balaban J connectivity index is 1.78. The van der Waals surface area contributed by atoms with Gasteiger partial charge in [0.05, 0.1) is 0 Å². The van der Waals surface area contributed by atoms with Crippen LogP contribution in [0.1, 0.15) is 31.2 Å². The van der Waals surface area contributed by atoms with E-state index in [1.807, 2.05) is 31.2 Å². The fourth-order valence-electron chi connectivity index (χ4n) is 2.83. The highest BCUT2D eigenvalue weighted by Gasteiger charge is 2.24. The van der Waals surface area contributed by atoms with Crippen molar-refractivity contribution in [2.45, 2.75) is 32.6 Å². The van der Waals surface area contributed by atoms with E-state index < -0.39 is 0 Å². The minimum Gasteiger partial charge on any atom is -0.396 e. The molecule has 2 amide bonds. The fraction of sp³-hybridized carbons (Fsp3) is 0.562. The second-order valence-electron chi connectivity index (χ2n) is 5.69. The van der Waals surface area contributed by atoms with Crippen LogP contribution >= 0.6 is 0 Å². The number of urea groups is 1. The van der Waals surface area contributed by atoms with Gasteiger partial charge in [0, 0.05) is 18.8 Å². The third kappa shape index (κ3) is 4.23. The van der Waals surface area contributed by atoms with E-state index in [2.05, 4.69) is 10.6 Å². The maximum absolute atomic E-state index is 11.9. The topological polar surface area (TPSA) is 61.4 Å². The summed E-state index contributed by atoms with van der Waals surface area (Å²) < 4.78 is 0. The van der Waals surface area contributed by atoms with Crippen LogP contribution in [0.3, 0.4) is 0 Å². The highest BCUT2D eigenvalue weighted by molar-refractivity contribution is 5.89. The molecule has 1 aromatic carbocycles. The van der Waals surface area contributed by atoms with Crippen molar-refractivity contribution in [2.75, 3.05) is 18.5 Å². The van der Waals surface area contributed by atoms with E-state index in [1.165, 1.54) is 18.4 Å². The van der Waals surface area contributed by atoms with Crippen LogP contribution in [0.15, 0.2) is 24.3 Å². The second kappa shape index (κ2) is 7.29. The Morgan fingerprint density at radius 3 is 2.50 bits per heavy atom. The lowest BCUT2D eigenvalue weighted by Gasteiger charge is -2.30. The van der Waals surface area contributed by atoms with E-state index in [9.17, 15) is 9.90 Å². The van der Waals surface area contributed by atoms with Crippen LogP contribution in [0.25, 0.3) is 0 Å². The molecule has 0 radical (unpaired) electrons. The number of rotatable bonds is 4. The van der Waals surface area contributed by atoms with E-state index in [0.29, 0.717) is 18.4 Å². The summed E-state index contributed by atoms with van der Waals surface area (Å²) in [5.41, 5.74) is 1.97. The van der Waals surface area contributed by atoms with Gasteiger partial charge in [-0.05, 0) is 43.7 Å². The molecule has 2 unspecified atom stereocenters. The minimum atomic E-state index is -0.170. The van der Waals surface area contributed by atoms with Crippen LogP contribution in [-0.2, 0) is 0 Å². The molecule has 2 atom stereocenters. The smallest absolute Gasteiger partial charge is 0.319 e. The van der Waals surface area contributed by atoms with Crippen LogP contribution in [-0.4, -0.2) is 24.3 Å². The Hall–Kier alpha value is -1.55. The Kier molecular flexibility index (Phi) is 5.41. The molecule has 0 aromatic heterocycles. The zero-order valence-corrected chi connectivity index (χ0v) is 12.1. The SMILES string of the molecule is Cc1ccc(NC(=O)NCC2CCCCC2CO)cc1. The first kappa shape index (κ1) is 14.9. The molecule has 0 bridgehead atoms. The zero-order valence-electron chi connectivity index (χ0n) is 12.1. The van der Waals surface area contributed by atoms with Crippen molar-refractivity contribution >= 4 is 11.7 Å². The van der Waals surface area contributed by atoms with Crippen molar-refractivity contribution in [1.29, 1.82) is 0 Å². The van der Waals surface area contributed by atoms with Gasteiger partial charge in [-0.1, -0.05) is 30.5 Å². The number of carbonyl (C=O) groups excluding carboxylic acids is 1. The number of amides is 2.